The van der Waals surface area contributed by atoms with Gasteiger partial charge in [-0.2, -0.15) is 0 Å². The Morgan fingerprint density at radius 2 is 1.63 bits per heavy atom. The highest BCUT2D eigenvalue weighted by molar-refractivity contribution is 9.10. The Bertz CT molecular complexity index is 457. The topological polar surface area (TPSA) is 29.3 Å². The lowest BCUT2D eigenvalue weighted by atomic mass is 9.81. The molecule has 0 aliphatic carbocycles. The first-order valence-corrected chi connectivity index (χ1v) is 7.54. The molecule has 2 N–H and O–H groups in total. The molecule has 2 fully saturated rings. The van der Waals surface area contributed by atoms with Crippen LogP contribution in [0.1, 0.15) is 32.1 Å². The summed E-state index contributed by atoms with van der Waals surface area (Å²) in [5.74, 6) is -0.974. The lowest BCUT2D eigenvalue weighted by Crippen LogP contribution is -2.56. The molecule has 3 rings (SSSR count). The summed E-state index contributed by atoms with van der Waals surface area (Å²) in [5.41, 5.74) is 6.17. The number of anilines is 1. The van der Waals surface area contributed by atoms with E-state index in [0.717, 1.165) is 32.1 Å². The van der Waals surface area contributed by atoms with Crippen LogP contribution in [0.4, 0.5) is 14.5 Å². The zero-order valence-electron chi connectivity index (χ0n) is 10.6. The molecule has 2 unspecified atom stereocenters. The Labute approximate surface area is 120 Å². The van der Waals surface area contributed by atoms with Gasteiger partial charge in [-0.15, -0.1) is 0 Å². The fourth-order valence-corrected chi connectivity index (χ4v) is 3.97. The number of nitrogens with two attached hydrogens (primary N) is 1. The monoisotopic (exact) mass is 330 g/mol. The molecule has 19 heavy (non-hydrogen) atoms. The largest absolute Gasteiger partial charge is 0.361 e. The molecule has 2 aliphatic rings. The number of hydrogen-bond donors (Lipinski definition) is 1. The zero-order chi connectivity index (χ0) is 13.6. The maximum atomic E-state index is 14.2. The first-order valence-electron chi connectivity index (χ1n) is 6.74. The number of fused-ring (bicyclic) bond motifs is 2. The minimum Gasteiger partial charge on any atom is -0.361 e. The summed E-state index contributed by atoms with van der Waals surface area (Å²) in [4.78, 5) is 1.95. The molecule has 2 bridgehead atoms. The van der Waals surface area contributed by atoms with Crippen LogP contribution in [0.5, 0.6) is 0 Å². The van der Waals surface area contributed by atoms with Gasteiger partial charge in [-0.25, -0.2) is 8.78 Å². The summed E-state index contributed by atoms with van der Waals surface area (Å²) >= 11 is 3.12. The second-order valence-electron chi connectivity index (χ2n) is 5.60. The van der Waals surface area contributed by atoms with Gasteiger partial charge in [0.05, 0.1) is 0 Å². The molecule has 2 heterocycles. The molecule has 1 aromatic rings. The van der Waals surface area contributed by atoms with Gasteiger partial charge in [-0.05, 0) is 44.2 Å². The molecule has 2 saturated heterocycles. The van der Waals surface area contributed by atoms with Crippen molar-refractivity contribution < 1.29 is 8.78 Å². The second-order valence-corrected chi connectivity index (χ2v) is 6.51. The first kappa shape index (κ1) is 13.3. The van der Waals surface area contributed by atoms with Gasteiger partial charge in [-0.1, -0.05) is 15.9 Å². The van der Waals surface area contributed by atoms with Crippen LogP contribution in [0.25, 0.3) is 0 Å². The predicted octanol–water partition coefficient (Wildman–Crippen LogP) is 3.58. The molecule has 5 heteroatoms. The van der Waals surface area contributed by atoms with Gasteiger partial charge >= 0.3 is 0 Å². The smallest absolute Gasteiger partial charge is 0.150 e. The normalized spacial score (nSPS) is 30.5. The van der Waals surface area contributed by atoms with Gasteiger partial charge in [0.15, 0.2) is 11.6 Å². The fraction of sp³-hybridized carbons (Fsp3) is 0.571. The zero-order valence-corrected chi connectivity index (χ0v) is 12.2. The molecule has 0 saturated carbocycles. The van der Waals surface area contributed by atoms with Crippen molar-refractivity contribution in [2.24, 2.45) is 5.73 Å². The third-order valence-corrected chi connectivity index (χ3v) is 4.71. The van der Waals surface area contributed by atoms with E-state index < -0.39 is 11.6 Å². The number of hydrogen-bond acceptors (Lipinski definition) is 2. The summed E-state index contributed by atoms with van der Waals surface area (Å²) < 4.78 is 28.7. The third-order valence-electron chi connectivity index (χ3n) is 4.25. The minimum atomic E-state index is -0.487. The molecule has 0 aromatic heterocycles. The van der Waals surface area contributed by atoms with Crippen LogP contribution >= 0.6 is 15.9 Å². The summed E-state index contributed by atoms with van der Waals surface area (Å²) in [6.45, 7) is 0. The van der Waals surface area contributed by atoms with E-state index in [0.29, 0.717) is 4.47 Å². The van der Waals surface area contributed by atoms with Crippen LogP contribution in [0.2, 0.25) is 0 Å². The Kier molecular flexibility index (Phi) is 3.52. The lowest BCUT2D eigenvalue weighted by Gasteiger charge is -2.49. The average molecular weight is 331 g/mol. The van der Waals surface area contributed by atoms with Gasteiger partial charge in [0.2, 0.25) is 0 Å². The van der Waals surface area contributed by atoms with Crippen molar-refractivity contribution in [3.8, 4) is 0 Å². The van der Waals surface area contributed by atoms with Crippen molar-refractivity contribution in [2.75, 3.05) is 4.90 Å². The number of piperidine rings is 2. The number of halogens is 3. The van der Waals surface area contributed by atoms with Crippen LogP contribution < -0.4 is 10.6 Å². The van der Waals surface area contributed by atoms with Gasteiger partial charge in [-0.3, -0.25) is 0 Å². The molecule has 1 aromatic carbocycles. The lowest BCUT2D eigenvalue weighted by molar-refractivity contribution is 0.266. The molecular weight excluding hydrogens is 314 g/mol. The molecule has 0 amide bonds. The number of benzene rings is 1. The van der Waals surface area contributed by atoms with Crippen LogP contribution in [-0.2, 0) is 0 Å². The minimum absolute atomic E-state index is 0.129. The van der Waals surface area contributed by atoms with E-state index in [1.165, 1.54) is 12.1 Å². The Morgan fingerprint density at radius 3 is 2.16 bits per heavy atom. The van der Waals surface area contributed by atoms with Crippen molar-refractivity contribution in [3.63, 3.8) is 0 Å². The quantitative estimate of drug-likeness (QED) is 0.852. The van der Waals surface area contributed by atoms with Crippen molar-refractivity contribution in [2.45, 2.75) is 50.2 Å². The third kappa shape index (κ3) is 2.38. The summed E-state index contributed by atoms with van der Waals surface area (Å²) in [6.07, 6.45) is 4.72. The summed E-state index contributed by atoms with van der Waals surface area (Å²) in [6, 6.07) is 3.18. The van der Waals surface area contributed by atoms with Gasteiger partial charge in [0.25, 0.3) is 0 Å². The van der Waals surface area contributed by atoms with E-state index in [2.05, 4.69) is 15.9 Å². The van der Waals surface area contributed by atoms with E-state index in [4.69, 9.17) is 5.73 Å². The number of rotatable bonds is 1. The maximum Gasteiger partial charge on any atom is 0.150 e. The van der Waals surface area contributed by atoms with E-state index in [1.807, 2.05) is 4.90 Å². The first-order chi connectivity index (χ1) is 9.06. The van der Waals surface area contributed by atoms with Crippen molar-refractivity contribution in [1.82, 2.24) is 0 Å². The Balaban J connectivity index is 2.02. The highest BCUT2D eigenvalue weighted by atomic mass is 79.9. The molecule has 2 atom stereocenters. The van der Waals surface area contributed by atoms with Gasteiger partial charge in [0.1, 0.15) is 5.69 Å². The maximum absolute atomic E-state index is 14.2. The fourth-order valence-electron chi connectivity index (χ4n) is 3.57. The standard InChI is InChI=1S/C14H17BrF2N2/c15-8-4-12(16)14(13(17)5-8)19-10-2-1-3-11(19)7-9(18)6-10/h4-5,9-11H,1-3,6-7,18H2. The Hall–Kier alpha value is -0.680. The van der Waals surface area contributed by atoms with Crippen molar-refractivity contribution >= 4 is 21.6 Å². The molecule has 104 valence electrons. The van der Waals surface area contributed by atoms with E-state index >= 15 is 0 Å². The molecular formula is C14H17BrF2N2. The van der Waals surface area contributed by atoms with Crippen LogP contribution in [0, 0.1) is 11.6 Å². The van der Waals surface area contributed by atoms with E-state index in [-0.39, 0.29) is 23.8 Å². The predicted molar refractivity (Wildman–Crippen MR) is 75.2 cm³/mol. The number of nitrogens with zero attached hydrogens (tertiary/aromatic N) is 1. The molecule has 2 aliphatic heterocycles. The van der Waals surface area contributed by atoms with Crippen LogP contribution in [-0.4, -0.2) is 18.1 Å². The molecule has 0 spiro atoms. The van der Waals surface area contributed by atoms with E-state index in [9.17, 15) is 8.78 Å². The highest BCUT2D eigenvalue weighted by Crippen LogP contribution is 2.40. The van der Waals surface area contributed by atoms with Crippen molar-refractivity contribution in [1.29, 1.82) is 0 Å². The van der Waals surface area contributed by atoms with Crippen LogP contribution in [0.15, 0.2) is 16.6 Å². The molecule has 0 radical (unpaired) electrons. The SMILES string of the molecule is NC1CC2CCCC(C1)N2c1c(F)cc(Br)cc1F. The van der Waals surface area contributed by atoms with Crippen LogP contribution in [0.3, 0.4) is 0 Å². The van der Waals surface area contributed by atoms with Crippen molar-refractivity contribution in [3.05, 3.63) is 28.2 Å². The van der Waals surface area contributed by atoms with Gasteiger partial charge < -0.3 is 10.6 Å². The Morgan fingerprint density at radius 1 is 1.11 bits per heavy atom. The second kappa shape index (κ2) is 5.02. The van der Waals surface area contributed by atoms with E-state index in [1.54, 1.807) is 0 Å². The highest BCUT2D eigenvalue weighted by Gasteiger charge is 2.39. The summed E-state index contributed by atoms with van der Waals surface area (Å²) in [7, 11) is 0. The summed E-state index contributed by atoms with van der Waals surface area (Å²) in [5, 5.41) is 0. The van der Waals surface area contributed by atoms with Gasteiger partial charge in [0, 0.05) is 22.6 Å². The average Bonchev–Trinajstić information content (AvgIpc) is 2.28. The molecule has 2 nitrogen and oxygen atoms in total.